The summed E-state index contributed by atoms with van der Waals surface area (Å²) in [5, 5.41) is 6.17. The highest BCUT2D eigenvalue weighted by molar-refractivity contribution is 5.79. The van der Waals surface area contributed by atoms with E-state index < -0.39 is 0 Å². The summed E-state index contributed by atoms with van der Waals surface area (Å²) in [6, 6.07) is 0.260. The molecule has 5 nitrogen and oxygen atoms in total. The van der Waals surface area contributed by atoms with E-state index in [1.807, 2.05) is 4.90 Å². The van der Waals surface area contributed by atoms with E-state index in [0.717, 1.165) is 38.8 Å². The van der Waals surface area contributed by atoms with Crippen LogP contribution in [0.2, 0.25) is 0 Å². The highest BCUT2D eigenvalue weighted by Gasteiger charge is 2.28. The van der Waals surface area contributed by atoms with Crippen molar-refractivity contribution in [1.29, 1.82) is 0 Å². The first-order valence-corrected chi connectivity index (χ1v) is 8.68. The molecule has 2 fully saturated rings. The maximum absolute atomic E-state index is 12.1. The van der Waals surface area contributed by atoms with Crippen molar-refractivity contribution in [3.05, 3.63) is 0 Å². The molecule has 22 heavy (non-hydrogen) atoms. The minimum absolute atomic E-state index is 0.0236. The third-order valence-electron chi connectivity index (χ3n) is 4.62. The Morgan fingerprint density at radius 1 is 1.05 bits per heavy atom. The molecule has 1 saturated carbocycles. The second-order valence-electron chi connectivity index (χ2n) is 7.97. The monoisotopic (exact) mass is 309 g/mol. The lowest BCUT2D eigenvalue weighted by atomic mass is 9.97. The molecule has 2 rings (SSSR count). The Hall–Kier alpha value is -1.26. The van der Waals surface area contributed by atoms with Crippen molar-refractivity contribution in [1.82, 2.24) is 15.5 Å². The molecule has 1 heterocycles. The zero-order valence-electron chi connectivity index (χ0n) is 14.3. The molecule has 0 bridgehead atoms. The number of nitrogens with one attached hydrogen (secondary N) is 2. The maximum atomic E-state index is 12.1. The Bertz CT molecular complexity index is 389. The molecule has 1 saturated heterocycles. The van der Waals surface area contributed by atoms with E-state index in [0.29, 0.717) is 6.54 Å². The second kappa shape index (κ2) is 7.34. The molecule has 0 aromatic rings. The van der Waals surface area contributed by atoms with Crippen LogP contribution >= 0.6 is 0 Å². The highest BCUT2D eigenvalue weighted by atomic mass is 16.2. The summed E-state index contributed by atoms with van der Waals surface area (Å²) in [6.07, 6.45) is 6.18. The molecule has 126 valence electrons. The molecular formula is C17H31N3O2. The van der Waals surface area contributed by atoms with Gasteiger partial charge in [0.2, 0.25) is 5.91 Å². The number of urea groups is 1. The normalized spacial score (nSPS) is 21.0. The molecule has 1 aliphatic carbocycles. The molecule has 3 amide bonds. The van der Waals surface area contributed by atoms with Gasteiger partial charge in [-0.3, -0.25) is 4.79 Å². The van der Waals surface area contributed by atoms with Crippen LogP contribution in [0.5, 0.6) is 0 Å². The number of rotatable bonds is 3. The summed E-state index contributed by atoms with van der Waals surface area (Å²) >= 11 is 0. The van der Waals surface area contributed by atoms with Gasteiger partial charge in [-0.1, -0.05) is 33.6 Å². The van der Waals surface area contributed by atoms with Crippen molar-refractivity contribution < 1.29 is 9.59 Å². The summed E-state index contributed by atoms with van der Waals surface area (Å²) in [5.74, 6) is 0.459. The van der Waals surface area contributed by atoms with Crippen molar-refractivity contribution in [3.63, 3.8) is 0 Å². The zero-order valence-corrected chi connectivity index (χ0v) is 14.3. The molecule has 0 unspecified atom stereocenters. The minimum atomic E-state index is 0.0236. The molecule has 0 aromatic carbocycles. The topological polar surface area (TPSA) is 61.4 Å². The van der Waals surface area contributed by atoms with Crippen LogP contribution in [0.15, 0.2) is 0 Å². The van der Waals surface area contributed by atoms with E-state index >= 15 is 0 Å². The van der Waals surface area contributed by atoms with Gasteiger partial charge in [-0.15, -0.1) is 0 Å². The fourth-order valence-corrected chi connectivity index (χ4v) is 3.19. The summed E-state index contributed by atoms with van der Waals surface area (Å²) in [7, 11) is 0. The number of hydrogen-bond acceptors (Lipinski definition) is 2. The Morgan fingerprint density at radius 2 is 1.64 bits per heavy atom. The summed E-state index contributed by atoms with van der Waals surface area (Å²) in [6.45, 7) is 8.47. The van der Waals surface area contributed by atoms with E-state index in [1.54, 1.807) is 0 Å². The van der Waals surface area contributed by atoms with Crippen LogP contribution in [0.25, 0.3) is 0 Å². The third-order valence-corrected chi connectivity index (χ3v) is 4.62. The van der Waals surface area contributed by atoms with Gasteiger partial charge in [0.15, 0.2) is 0 Å². The number of likely N-dealkylation sites (tertiary alicyclic amines) is 1. The molecule has 2 N–H and O–H groups in total. The third kappa shape index (κ3) is 5.18. The van der Waals surface area contributed by atoms with E-state index in [4.69, 9.17) is 0 Å². The first-order valence-electron chi connectivity index (χ1n) is 8.68. The zero-order chi connectivity index (χ0) is 16.2. The lowest BCUT2D eigenvalue weighted by molar-refractivity contribution is -0.125. The van der Waals surface area contributed by atoms with Crippen molar-refractivity contribution in [2.45, 2.75) is 65.3 Å². The van der Waals surface area contributed by atoms with Crippen molar-refractivity contribution >= 4 is 11.9 Å². The average molecular weight is 309 g/mol. The first-order chi connectivity index (χ1) is 10.3. The molecule has 2 aliphatic rings. The quantitative estimate of drug-likeness (QED) is 0.841. The smallest absolute Gasteiger partial charge is 0.317 e. The molecule has 5 heteroatoms. The number of nitrogens with zero attached hydrogens (tertiary/aromatic N) is 1. The largest absolute Gasteiger partial charge is 0.353 e. The molecule has 0 aromatic heterocycles. The standard InChI is InChI=1S/C17H31N3O2/c1-17(2,3)12-18-16(22)20-10-8-14(9-11-20)19-15(21)13-6-4-5-7-13/h13-14H,4-12H2,1-3H3,(H,18,22)(H,19,21). The average Bonchev–Trinajstić information content (AvgIpc) is 2.99. The van der Waals surface area contributed by atoms with Gasteiger partial charge in [0.25, 0.3) is 0 Å². The van der Waals surface area contributed by atoms with Gasteiger partial charge in [0, 0.05) is 31.6 Å². The van der Waals surface area contributed by atoms with Crippen LogP contribution in [-0.2, 0) is 4.79 Å². The Kier molecular flexibility index (Phi) is 5.70. The Morgan fingerprint density at radius 3 is 2.18 bits per heavy atom. The van der Waals surface area contributed by atoms with E-state index in [2.05, 4.69) is 31.4 Å². The Balaban J connectivity index is 1.68. The van der Waals surface area contributed by atoms with E-state index in [9.17, 15) is 9.59 Å². The lowest BCUT2D eigenvalue weighted by Crippen LogP contribution is -2.51. The van der Waals surface area contributed by atoms with Crippen molar-refractivity contribution in [2.24, 2.45) is 11.3 Å². The first kappa shape index (κ1) is 17.1. The summed E-state index contributed by atoms with van der Waals surface area (Å²) < 4.78 is 0. The Labute approximate surface area is 134 Å². The predicted molar refractivity (Wildman–Crippen MR) is 87.5 cm³/mol. The van der Waals surface area contributed by atoms with Crippen molar-refractivity contribution in [3.8, 4) is 0 Å². The molecule has 1 aliphatic heterocycles. The van der Waals surface area contributed by atoms with Gasteiger partial charge in [-0.25, -0.2) is 4.79 Å². The van der Waals surface area contributed by atoms with Gasteiger partial charge < -0.3 is 15.5 Å². The minimum Gasteiger partial charge on any atom is -0.353 e. The van der Waals surface area contributed by atoms with Gasteiger partial charge in [0.05, 0.1) is 0 Å². The molecule has 0 atom stereocenters. The van der Waals surface area contributed by atoms with Crippen LogP contribution in [0.4, 0.5) is 4.79 Å². The predicted octanol–water partition coefficient (Wildman–Crippen LogP) is 2.51. The number of carbonyl (C=O) groups excluding carboxylic acids is 2. The maximum Gasteiger partial charge on any atom is 0.317 e. The van der Waals surface area contributed by atoms with Crippen LogP contribution < -0.4 is 10.6 Å². The summed E-state index contributed by atoms with van der Waals surface area (Å²) in [4.78, 5) is 26.1. The second-order valence-corrected chi connectivity index (χ2v) is 7.97. The van der Waals surface area contributed by atoms with Gasteiger partial charge in [0.1, 0.15) is 0 Å². The number of amides is 3. The lowest BCUT2D eigenvalue weighted by Gasteiger charge is -2.33. The number of carbonyl (C=O) groups is 2. The highest BCUT2D eigenvalue weighted by Crippen LogP contribution is 2.25. The molecule has 0 radical (unpaired) electrons. The molecular weight excluding hydrogens is 278 g/mol. The van der Waals surface area contributed by atoms with Crippen LogP contribution in [0.1, 0.15) is 59.3 Å². The summed E-state index contributed by atoms with van der Waals surface area (Å²) in [5.41, 5.74) is 0.100. The van der Waals surface area contributed by atoms with Crippen LogP contribution in [0, 0.1) is 11.3 Å². The van der Waals surface area contributed by atoms with Gasteiger partial charge in [-0.05, 0) is 31.1 Å². The van der Waals surface area contributed by atoms with E-state index in [1.165, 1.54) is 12.8 Å². The van der Waals surface area contributed by atoms with Crippen LogP contribution in [0.3, 0.4) is 0 Å². The van der Waals surface area contributed by atoms with Crippen molar-refractivity contribution in [2.75, 3.05) is 19.6 Å². The van der Waals surface area contributed by atoms with Crippen LogP contribution in [-0.4, -0.2) is 42.5 Å². The van der Waals surface area contributed by atoms with Gasteiger partial charge >= 0.3 is 6.03 Å². The SMILES string of the molecule is CC(C)(C)CNC(=O)N1CCC(NC(=O)C2CCCC2)CC1. The fraction of sp³-hybridized carbons (Fsp3) is 0.882. The fourth-order valence-electron chi connectivity index (χ4n) is 3.19. The number of hydrogen-bond donors (Lipinski definition) is 2. The number of piperidine rings is 1. The molecule has 0 spiro atoms. The van der Waals surface area contributed by atoms with Gasteiger partial charge in [-0.2, -0.15) is 0 Å². The van der Waals surface area contributed by atoms with E-state index in [-0.39, 0.29) is 29.3 Å².